The van der Waals surface area contributed by atoms with Crippen molar-refractivity contribution >= 4 is 55.7 Å². The molecule has 2 atom stereocenters. The molecule has 0 radical (unpaired) electrons. The van der Waals surface area contributed by atoms with Crippen molar-refractivity contribution in [2.75, 3.05) is 32.2 Å². The number of pyridine rings is 1. The van der Waals surface area contributed by atoms with Gasteiger partial charge in [0.2, 0.25) is 0 Å². The number of urea groups is 1. The van der Waals surface area contributed by atoms with E-state index in [1.165, 1.54) is 11.3 Å². The first-order chi connectivity index (χ1) is 18.0. The fourth-order valence-corrected chi connectivity index (χ4v) is 5.14. The summed E-state index contributed by atoms with van der Waals surface area (Å²) < 4.78 is 10.3. The second-order valence-electron chi connectivity index (χ2n) is 8.34. The molecule has 37 heavy (non-hydrogen) atoms. The maximum Gasteiger partial charge on any atom is 0.321 e. The fraction of sp³-hybridized carbons (Fsp3) is 0.320. The minimum atomic E-state index is -0.597. The summed E-state index contributed by atoms with van der Waals surface area (Å²) in [5.74, 6) is 0.674. The number of anilines is 1. The fourth-order valence-electron chi connectivity index (χ4n) is 3.78. The van der Waals surface area contributed by atoms with E-state index in [4.69, 9.17) is 8.05 Å². The number of nitrogens with zero attached hydrogens (tertiary/aromatic N) is 4. The molecule has 2 unspecified atom stereocenters. The predicted molar refractivity (Wildman–Crippen MR) is 153 cm³/mol. The minimum Gasteiger partial charge on any atom is -0.435 e. The topological polar surface area (TPSA) is 135 Å². The SMILES string of the molecule is CCNC(=O)Nc1nc2cc(-c3cnc(C(CO)OI)nc3)cc(-c3ccc(C(C)C[OH+]C)cn3)c2s1. The van der Waals surface area contributed by atoms with E-state index >= 15 is 0 Å². The van der Waals surface area contributed by atoms with Crippen LogP contribution in [0.15, 0.2) is 42.9 Å². The summed E-state index contributed by atoms with van der Waals surface area (Å²) in [6.45, 7) is 5.02. The molecule has 12 heteroatoms. The lowest BCUT2D eigenvalue weighted by atomic mass is 10.0. The van der Waals surface area contributed by atoms with E-state index in [0.29, 0.717) is 17.5 Å². The van der Waals surface area contributed by atoms with E-state index in [9.17, 15) is 9.90 Å². The number of hydrogen-bond acceptors (Lipinski definition) is 8. The highest BCUT2D eigenvalue weighted by molar-refractivity contribution is 14.1. The predicted octanol–water partition coefficient (Wildman–Crippen LogP) is 4.62. The smallest absolute Gasteiger partial charge is 0.321 e. The van der Waals surface area contributed by atoms with Crippen LogP contribution in [-0.2, 0) is 3.07 Å². The van der Waals surface area contributed by atoms with Crippen LogP contribution < -0.4 is 10.6 Å². The number of aromatic nitrogens is 4. The molecule has 0 spiro atoms. The molecule has 0 saturated carbocycles. The maximum atomic E-state index is 12.1. The van der Waals surface area contributed by atoms with Gasteiger partial charge in [-0.05, 0) is 36.2 Å². The van der Waals surface area contributed by atoms with Crippen molar-refractivity contribution in [3.8, 4) is 22.4 Å². The van der Waals surface area contributed by atoms with E-state index < -0.39 is 6.10 Å². The molecule has 194 valence electrons. The average molecular weight is 636 g/mol. The lowest BCUT2D eigenvalue weighted by molar-refractivity contribution is 0.00680. The maximum absolute atomic E-state index is 12.1. The summed E-state index contributed by atoms with van der Waals surface area (Å²) in [6, 6.07) is 7.73. The first kappa shape index (κ1) is 27.3. The van der Waals surface area contributed by atoms with Crippen LogP contribution in [0.3, 0.4) is 0 Å². The Kier molecular flexibility index (Phi) is 9.32. The summed E-state index contributed by atoms with van der Waals surface area (Å²) in [6.07, 6.45) is 4.67. The third kappa shape index (κ3) is 6.38. The van der Waals surface area contributed by atoms with E-state index in [1.807, 2.05) is 38.4 Å². The number of aliphatic hydroxyl groups is 3. The second-order valence-corrected chi connectivity index (χ2v) is 9.85. The van der Waals surface area contributed by atoms with E-state index in [1.54, 1.807) is 35.4 Å². The number of aliphatic hydroxyl groups excluding tert-OH is 1. The van der Waals surface area contributed by atoms with Crippen molar-refractivity contribution in [1.82, 2.24) is 25.3 Å². The van der Waals surface area contributed by atoms with Crippen molar-refractivity contribution in [2.45, 2.75) is 25.9 Å². The Labute approximate surface area is 232 Å². The third-order valence-electron chi connectivity index (χ3n) is 5.70. The standard InChI is InChI=1S/C25H27IN6O4S/c1-4-27-24(34)32-25-31-20-8-16(17-10-29-23(30-11-17)21(12-33)36-26)7-18(22(20)37-25)19-6-5-15(9-28-19)14(2)13-35-3/h5-11,14,21,33H,4,12-13H2,1-3H3,(H2,27,31,32,34)/p+1. The highest BCUT2D eigenvalue weighted by Gasteiger charge is 2.18. The van der Waals surface area contributed by atoms with Crippen LogP contribution in [0.2, 0.25) is 0 Å². The number of hydrogen-bond donors (Lipinski definition) is 3. The Hall–Kier alpha value is -2.78. The minimum absolute atomic E-state index is 0.217. The normalized spacial score (nSPS) is 12.9. The molecule has 0 aliphatic carbocycles. The van der Waals surface area contributed by atoms with Crippen molar-refractivity contribution in [1.29, 1.82) is 0 Å². The number of fused-ring (bicyclic) bond motifs is 1. The zero-order valence-corrected chi connectivity index (χ0v) is 23.6. The number of amides is 2. The van der Waals surface area contributed by atoms with Crippen LogP contribution in [0.5, 0.6) is 0 Å². The van der Waals surface area contributed by atoms with Gasteiger partial charge in [0.05, 0.1) is 28.4 Å². The zero-order chi connectivity index (χ0) is 26.4. The van der Waals surface area contributed by atoms with Crippen LogP contribution in [0.1, 0.15) is 37.3 Å². The van der Waals surface area contributed by atoms with E-state index in [0.717, 1.165) is 44.8 Å². The van der Waals surface area contributed by atoms with Gasteiger partial charge >= 0.3 is 6.03 Å². The van der Waals surface area contributed by atoms with Gasteiger partial charge in [0.1, 0.15) is 30.1 Å². The first-order valence-electron chi connectivity index (χ1n) is 11.7. The molecule has 3 heterocycles. The molecule has 0 aliphatic rings. The number of rotatable bonds is 10. The molecule has 0 aliphatic heterocycles. The molecule has 10 nitrogen and oxygen atoms in total. The Bertz CT molecular complexity index is 1350. The van der Waals surface area contributed by atoms with Crippen LogP contribution in [0.4, 0.5) is 9.93 Å². The molecule has 4 aromatic rings. The van der Waals surface area contributed by atoms with Crippen molar-refractivity contribution in [2.24, 2.45) is 0 Å². The molecule has 3 aromatic heterocycles. The molecule has 0 bridgehead atoms. The number of nitrogens with one attached hydrogen (secondary N) is 2. The van der Waals surface area contributed by atoms with Crippen LogP contribution >= 0.6 is 34.3 Å². The van der Waals surface area contributed by atoms with Gasteiger partial charge in [0.15, 0.2) is 23.7 Å². The second kappa shape index (κ2) is 12.6. The van der Waals surface area contributed by atoms with Crippen LogP contribution in [-0.4, -0.2) is 62.7 Å². The number of carbonyl (C=O) groups is 1. The summed E-state index contributed by atoms with van der Waals surface area (Å²) in [7, 11) is 1.81. The van der Waals surface area contributed by atoms with Crippen LogP contribution in [0, 0.1) is 0 Å². The first-order valence-corrected chi connectivity index (χ1v) is 13.4. The molecule has 1 aromatic carbocycles. The van der Waals surface area contributed by atoms with Gasteiger partial charge in [-0.3, -0.25) is 10.3 Å². The number of thiazole rings is 1. The number of ether oxygens (including phenoxy) is 1. The number of benzene rings is 1. The summed E-state index contributed by atoms with van der Waals surface area (Å²) in [4.78, 5) is 30.3. The lowest BCUT2D eigenvalue weighted by Crippen LogP contribution is -2.28. The summed E-state index contributed by atoms with van der Waals surface area (Å²) in [5.41, 5.74) is 5.15. The largest absolute Gasteiger partial charge is 0.435 e. The Morgan fingerprint density at radius 2 is 1.97 bits per heavy atom. The Morgan fingerprint density at radius 3 is 2.59 bits per heavy atom. The molecular weight excluding hydrogens is 607 g/mol. The van der Waals surface area contributed by atoms with Gasteiger partial charge in [-0.1, -0.05) is 24.3 Å². The summed E-state index contributed by atoms with van der Waals surface area (Å²) in [5, 5.41) is 15.5. The van der Waals surface area contributed by atoms with Gasteiger partial charge in [-0.2, -0.15) is 0 Å². The van der Waals surface area contributed by atoms with Gasteiger partial charge in [-0.25, -0.2) is 19.7 Å². The molecule has 2 amide bonds. The number of carbonyl (C=O) groups excluding carboxylic acids is 1. The molecule has 4 N–H and O–H groups in total. The lowest BCUT2D eigenvalue weighted by Gasteiger charge is -2.11. The summed E-state index contributed by atoms with van der Waals surface area (Å²) >= 11 is 3.12. The molecule has 4 rings (SSSR count). The van der Waals surface area contributed by atoms with Gasteiger partial charge in [0.25, 0.3) is 0 Å². The monoisotopic (exact) mass is 635 g/mol. The van der Waals surface area contributed by atoms with E-state index in [-0.39, 0.29) is 18.6 Å². The van der Waals surface area contributed by atoms with Gasteiger partial charge < -0.3 is 18.2 Å². The molecule has 0 saturated heterocycles. The Balaban J connectivity index is 1.78. The average Bonchev–Trinajstić information content (AvgIpc) is 3.32. The number of halogens is 1. The molecule has 0 fully saturated rings. The van der Waals surface area contributed by atoms with Crippen molar-refractivity contribution in [3.05, 3.63) is 54.2 Å². The molecular formula is C25H28IN6O4S+. The zero-order valence-electron chi connectivity index (χ0n) is 20.6. The van der Waals surface area contributed by atoms with Crippen molar-refractivity contribution in [3.63, 3.8) is 0 Å². The van der Waals surface area contributed by atoms with Crippen molar-refractivity contribution < 1.29 is 17.7 Å². The van der Waals surface area contributed by atoms with Gasteiger partial charge in [-0.15, -0.1) is 0 Å². The highest BCUT2D eigenvalue weighted by atomic mass is 127. The Morgan fingerprint density at radius 1 is 1.19 bits per heavy atom. The third-order valence-corrected chi connectivity index (χ3v) is 7.34. The highest BCUT2D eigenvalue weighted by Crippen LogP contribution is 2.38. The van der Waals surface area contributed by atoms with E-state index in [2.05, 4.69) is 43.3 Å². The van der Waals surface area contributed by atoms with Gasteiger partial charge in [0, 0.05) is 36.3 Å². The quantitative estimate of drug-likeness (QED) is 0.171. The van der Waals surface area contributed by atoms with Crippen LogP contribution in [0.25, 0.3) is 32.6 Å².